The third-order valence-electron chi connectivity index (χ3n) is 7.85. The van der Waals surface area contributed by atoms with Crippen molar-refractivity contribution in [1.82, 2.24) is 4.90 Å². The van der Waals surface area contributed by atoms with Crippen LogP contribution in [0.4, 0.5) is 0 Å². The number of hydrogen-bond donors (Lipinski definition) is 2. The Morgan fingerprint density at radius 1 is 1.17 bits per heavy atom. The molecular formula is C26H33NO9. The van der Waals surface area contributed by atoms with E-state index in [1.807, 2.05) is 20.9 Å². The summed E-state index contributed by atoms with van der Waals surface area (Å²) in [6.07, 6.45) is -1.02. The van der Waals surface area contributed by atoms with Gasteiger partial charge in [0.1, 0.15) is 5.76 Å². The molecule has 0 radical (unpaired) electrons. The molecule has 10 heteroatoms. The smallest absolute Gasteiger partial charge is 0.352 e. The van der Waals surface area contributed by atoms with Crippen molar-refractivity contribution in [3.05, 3.63) is 35.1 Å². The van der Waals surface area contributed by atoms with Gasteiger partial charge in [-0.3, -0.25) is 4.79 Å². The summed E-state index contributed by atoms with van der Waals surface area (Å²) in [6, 6.07) is 3.08. The van der Waals surface area contributed by atoms with Gasteiger partial charge in [-0.2, -0.15) is 0 Å². The lowest BCUT2D eigenvalue weighted by molar-refractivity contribution is -0.178. The van der Waals surface area contributed by atoms with Crippen LogP contribution in [0, 0.1) is 6.92 Å². The summed E-state index contributed by atoms with van der Waals surface area (Å²) in [5, 5.41) is 22.8. The van der Waals surface area contributed by atoms with E-state index in [1.165, 1.54) is 13.8 Å². The number of likely N-dealkylation sites (tertiary alicyclic amines) is 1. The number of phenols is 1. The number of rotatable bonds is 5. The zero-order valence-corrected chi connectivity index (χ0v) is 21.4. The van der Waals surface area contributed by atoms with Gasteiger partial charge in [-0.25, -0.2) is 9.59 Å². The summed E-state index contributed by atoms with van der Waals surface area (Å²) in [5.41, 5.74) is -0.659. The molecule has 0 unspecified atom stereocenters. The zero-order chi connectivity index (χ0) is 26.6. The first-order valence-electron chi connectivity index (χ1n) is 12.0. The SMILES string of the molecule is CC(=O)O[C@@H](C)C(=O)O[C@@H](C)C(=O)OC1=CC[C@@]2(O)[C@@H](C)N(C)CC[C@@]23c2c(C)ccc(O)c2O[C@@H]13. The van der Waals surface area contributed by atoms with Gasteiger partial charge in [0.15, 0.2) is 29.8 Å². The molecule has 3 aliphatic rings. The van der Waals surface area contributed by atoms with Crippen molar-refractivity contribution >= 4 is 17.9 Å². The van der Waals surface area contributed by atoms with Crippen LogP contribution in [0.3, 0.4) is 0 Å². The Kier molecular flexibility index (Phi) is 6.55. The molecule has 36 heavy (non-hydrogen) atoms. The van der Waals surface area contributed by atoms with Gasteiger partial charge in [-0.15, -0.1) is 0 Å². The van der Waals surface area contributed by atoms with Crippen LogP contribution in [0.5, 0.6) is 11.5 Å². The van der Waals surface area contributed by atoms with E-state index < -0.39 is 47.2 Å². The van der Waals surface area contributed by atoms with Gasteiger partial charge < -0.3 is 34.1 Å². The van der Waals surface area contributed by atoms with Gasteiger partial charge in [0.05, 0.1) is 11.0 Å². The third kappa shape index (κ3) is 3.83. The summed E-state index contributed by atoms with van der Waals surface area (Å²) in [6.45, 7) is 8.37. The maximum Gasteiger partial charge on any atom is 0.352 e. The highest BCUT2D eigenvalue weighted by molar-refractivity contribution is 5.83. The molecule has 0 amide bonds. The Balaban J connectivity index is 1.65. The number of ether oxygens (including phenoxy) is 4. The van der Waals surface area contributed by atoms with E-state index in [9.17, 15) is 24.6 Å². The molecule has 1 saturated heterocycles. The van der Waals surface area contributed by atoms with E-state index in [2.05, 4.69) is 4.90 Å². The first kappa shape index (κ1) is 26.0. The highest BCUT2D eigenvalue weighted by atomic mass is 16.6. The van der Waals surface area contributed by atoms with Crippen molar-refractivity contribution in [2.45, 2.75) is 82.8 Å². The highest BCUT2D eigenvalue weighted by Crippen LogP contribution is 2.62. The number of likely N-dealkylation sites (N-methyl/N-ethyl adjacent to an activating group) is 1. The van der Waals surface area contributed by atoms with Crippen LogP contribution >= 0.6 is 0 Å². The summed E-state index contributed by atoms with van der Waals surface area (Å²) < 4.78 is 21.9. The number of aryl methyl sites for hydroxylation is 1. The van der Waals surface area contributed by atoms with Gasteiger partial charge in [0.25, 0.3) is 0 Å². The molecule has 1 aliphatic carbocycles. The Hall–Kier alpha value is -3.11. The summed E-state index contributed by atoms with van der Waals surface area (Å²) in [4.78, 5) is 38.3. The Morgan fingerprint density at radius 2 is 1.83 bits per heavy atom. The maximum atomic E-state index is 12.9. The average Bonchev–Trinajstić information content (AvgIpc) is 3.18. The average molecular weight is 504 g/mol. The van der Waals surface area contributed by atoms with Gasteiger partial charge in [-0.05, 0) is 65.4 Å². The van der Waals surface area contributed by atoms with E-state index in [1.54, 1.807) is 18.2 Å². The standard InChI is InChI=1S/C26H33NO9/c1-13-7-8-18(29)21-20(13)25-11-12-27(6)16(4)26(25,32)10-9-19(22(25)36-21)35-24(31)15(3)34-23(30)14(2)33-17(5)28/h7-9,14-16,22,29,32H,10-12H2,1-6H3/t14-,15-,16+,22-,25-,26+/m0/s1. The second kappa shape index (κ2) is 9.08. The summed E-state index contributed by atoms with van der Waals surface area (Å²) in [7, 11) is 1.95. The molecule has 6 atom stereocenters. The van der Waals surface area contributed by atoms with Gasteiger partial charge >= 0.3 is 17.9 Å². The van der Waals surface area contributed by atoms with Crippen molar-refractivity contribution < 1.29 is 43.5 Å². The minimum atomic E-state index is -1.29. The third-order valence-corrected chi connectivity index (χ3v) is 7.85. The first-order chi connectivity index (χ1) is 16.8. The van der Waals surface area contributed by atoms with Crippen LogP contribution in [0.1, 0.15) is 51.7 Å². The predicted molar refractivity (Wildman–Crippen MR) is 126 cm³/mol. The fourth-order valence-electron chi connectivity index (χ4n) is 5.82. The molecule has 10 nitrogen and oxygen atoms in total. The van der Waals surface area contributed by atoms with Crippen molar-refractivity contribution in [3.8, 4) is 11.5 Å². The van der Waals surface area contributed by atoms with E-state index in [0.717, 1.165) is 12.5 Å². The number of esters is 3. The summed E-state index contributed by atoms with van der Waals surface area (Å²) >= 11 is 0. The summed E-state index contributed by atoms with van der Waals surface area (Å²) in [5.74, 6) is -1.97. The molecule has 2 heterocycles. The van der Waals surface area contributed by atoms with Gasteiger partial charge in [0, 0.05) is 24.9 Å². The fourth-order valence-corrected chi connectivity index (χ4v) is 5.82. The molecule has 1 spiro atoms. The topological polar surface area (TPSA) is 132 Å². The number of aliphatic hydroxyl groups is 1. The minimum absolute atomic E-state index is 0.0549. The normalized spacial score (nSPS) is 30.5. The van der Waals surface area contributed by atoms with E-state index in [4.69, 9.17) is 18.9 Å². The second-order valence-electron chi connectivity index (χ2n) is 9.97. The molecule has 4 rings (SSSR count). The molecule has 0 aromatic heterocycles. The molecule has 1 aromatic carbocycles. The lowest BCUT2D eigenvalue weighted by Crippen LogP contribution is -2.71. The monoisotopic (exact) mass is 503 g/mol. The molecule has 1 fully saturated rings. The lowest BCUT2D eigenvalue weighted by Gasteiger charge is -2.58. The van der Waals surface area contributed by atoms with Crippen LogP contribution in [0.2, 0.25) is 0 Å². The van der Waals surface area contributed by atoms with Crippen LogP contribution < -0.4 is 4.74 Å². The molecule has 0 saturated carbocycles. The maximum absolute atomic E-state index is 12.9. The van der Waals surface area contributed by atoms with Crippen molar-refractivity contribution in [3.63, 3.8) is 0 Å². The number of hydrogen-bond acceptors (Lipinski definition) is 10. The Morgan fingerprint density at radius 3 is 2.50 bits per heavy atom. The van der Waals surface area contributed by atoms with Crippen molar-refractivity contribution in [2.24, 2.45) is 0 Å². The molecule has 196 valence electrons. The van der Waals surface area contributed by atoms with Crippen LogP contribution in [-0.4, -0.2) is 76.6 Å². The molecule has 0 bridgehead atoms. The van der Waals surface area contributed by atoms with E-state index in [0.29, 0.717) is 18.5 Å². The molecule has 2 N–H and O–H groups in total. The minimum Gasteiger partial charge on any atom is -0.504 e. The molecular weight excluding hydrogens is 470 g/mol. The number of benzene rings is 1. The number of phenolic OH excluding ortho intramolecular Hbond substituents is 1. The fraction of sp³-hybridized carbons (Fsp3) is 0.577. The molecule has 2 aliphatic heterocycles. The molecule has 1 aromatic rings. The zero-order valence-electron chi connectivity index (χ0n) is 21.4. The van der Waals surface area contributed by atoms with Crippen LogP contribution in [-0.2, 0) is 34.0 Å². The predicted octanol–water partition coefficient (Wildman–Crippen LogP) is 1.87. The first-order valence-corrected chi connectivity index (χ1v) is 12.0. The van der Waals surface area contributed by atoms with Crippen molar-refractivity contribution in [1.29, 1.82) is 0 Å². The second-order valence-corrected chi connectivity index (χ2v) is 9.97. The number of carbonyl (C=O) groups excluding carboxylic acids is 3. The van der Waals surface area contributed by atoms with E-state index in [-0.39, 0.29) is 29.7 Å². The number of nitrogens with zero attached hydrogens (tertiary/aromatic N) is 1. The van der Waals surface area contributed by atoms with Gasteiger partial charge in [0.2, 0.25) is 0 Å². The Labute approximate surface area is 209 Å². The Bertz CT molecular complexity index is 1130. The number of piperidine rings is 1. The quantitative estimate of drug-likeness (QED) is 0.453. The number of carbonyl (C=O) groups is 3. The van der Waals surface area contributed by atoms with Crippen LogP contribution in [0.15, 0.2) is 24.0 Å². The van der Waals surface area contributed by atoms with Gasteiger partial charge in [-0.1, -0.05) is 6.07 Å². The van der Waals surface area contributed by atoms with E-state index >= 15 is 0 Å². The van der Waals surface area contributed by atoms with Crippen LogP contribution in [0.25, 0.3) is 0 Å². The number of fused-ring (bicyclic) bond motifs is 1. The van der Waals surface area contributed by atoms with Crippen molar-refractivity contribution in [2.75, 3.05) is 13.6 Å². The number of aromatic hydroxyl groups is 1. The largest absolute Gasteiger partial charge is 0.504 e. The lowest BCUT2D eigenvalue weighted by atomic mass is 9.54. The highest BCUT2D eigenvalue weighted by Gasteiger charge is 2.69.